The molecule has 0 unspecified atom stereocenters. The van der Waals surface area contributed by atoms with Crippen LogP contribution in [-0.4, -0.2) is 27.4 Å². The van der Waals surface area contributed by atoms with Crippen LogP contribution in [0.3, 0.4) is 0 Å². The lowest BCUT2D eigenvalue weighted by Gasteiger charge is -2.22. The molecule has 1 fully saturated rings. The number of imidazole rings is 1. The van der Waals surface area contributed by atoms with Crippen molar-refractivity contribution < 1.29 is 4.79 Å². The maximum atomic E-state index is 12.4. The predicted octanol–water partition coefficient (Wildman–Crippen LogP) is 3.44. The molecule has 6 heteroatoms. The lowest BCUT2D eigenvalue weighted by Crippen LogP contribution is -2.35. The Hall–Kier alpha value is -1.95. The molecule has 1 aromatic heterocycles. The molecular formula is C19H26N4OS. The number of carbonyl (C=O) groups is 1. The summed E-state index contributed by atoms with van der Waals surface area (Å²) in [5.74, 6) is 6.71. The van der Waals surface area contributed by atoms with Gasteiger partial charge < -0.3 is 11.2 Å². The molecule has 0 saturated heterocycles. The molecule has 3 N–H and O–H groups in total. The van der Waals surface area contributed by atoms with E-state index in [0.717, 1.165) is 17.8 Å². The van der Waals surface area contributed by atoms with Crippen molar-refractivity contribution in [1.82, 2.24) is 15.0 Å². The summed E-state index contributed by atoms with van der Waals surface area (Å²) in [6.45, 7) is 2.69. The molecule has 2 aromatic rings. The third kappa shape index (κ3) is 4.78. The Labute approximate surface area is 153 Å². The highest BCUT2D eigenvalue weighted by Gasteiger charge is 2.20. The second kappa shape index (κ2) is 8.43. The predicted molar refractivity (Wildman–Crippen MR) is 103 cm³/mol. The molecule has 1 aromatic carbocycles. The molecule has 3 rings (SSSR count). The number of benzene rings is 1. The van der Waals surface area contributed by atoms with E-state index in [2.05, 4.69) is 10.3 Å². The topological polar surface area (TPSA) is 72.9 Å². The standard InChI is InChI=1S/C19H26N4OS/c1-14(18(24)21-12-15-8-4-2-5-9-15)25-19-22-17(13-23(19)20)16-10-6-3-7-11-16/h3,6-7,10-11,13-15H,2,4-5,8-9,12,20H2,1H3,(H,21,24)/t14-/m0/s1. The fourth-order valence-corrected chi connectivity index (χ4v) is 4.04. The maximum absolute atomic E-state index is 12.4. The van der Waals surface area contributed by atoms with Crippen molar-refractivity contribution in [2.45, 2.75) is 49.4 Å². The molecule has 0 radical (unpaired) electrons. The van der Waals surface area contributed by atoms with Gasteiger partial charge in [-0.05, 0) is 25.7 Å². The van der Waals surface area contributed by atoms with E-state index in [4.69, 9.17) is 5.84 Å². The number of nitrogen functional groups attached to an aromatic ring is 1. The number of rotatable bonds is 6. The first-order chi connectivity index (χ1) is 12.1. The number of carbonyl (C=O) groups excluding carboxylic acids is 1. The number of hydrogen-bond donors (Lipinski definition) is 2. The van der Waals surface area contributed by atoms with Gasteiger partial charge in [-0.15, -0.1) is 0 Å². The van der Waals surface area contributed by atoms with E-state index in [9.17, 15) is 4.79 Å². The molecule has 0 spiro atoms. The monoisotopic (exact) mass is 358 g/mol. The zero-order valence-corrected chi connectivity index (χ0v) is 15.5. The Morgan fingerprint density at radius 1 is 1.32 bits per heavy atom. The Morgan fingerprint density at radius 2 is 2.04 bits per heavy atom. The molecular weight excluding hydrogens is 332 g/mol. The summed E-state index contributed by atoms with van der Waals surface area (Å²) in [7, 11) is 0. The zero-order chi connectivity index (χ0) is 17.6. The molecule has 5 nitrogen and oxygen atoms in total. The van der Waals surface area contributed by atoms with E-state index in [-0.39, 0.29) is 11.2 Å². The van der Waals surface area contributed by atoms with Crippen LogP contribution in [0.15, 0.2) is 41.7 Å². The normalized spacial score (nSPS) is 16.5. The van der Waals surface area contributed by atoms with Gasteiger partial charge in [0, 0.05) is 12.1 Å². The average molecular weight is 359 g/mol. The van der Waals surface area contributed by atoms with Gasteiger partial charge >= 0.3 is 0 Å². The van der Waals surface area contributed by atoms with Crippen LogP contribution in [-0.2, 0) is 4.79 Å². The second-order valence-corrected chi connectivity index (χ2v) is 8.00. The first kappa shape index (κ1) is 17.9. The summed E-state index contributed by atoms with van der Waals surface area (Å²) in [6.07, 6.45) is 8.17. The molecule has 25 heavy (non-hydrogen) atoms. The number of nitrogens with one attached hydrogen (secondary N) is 1. The Bertz CT molecular complexity index is 695. The minimum Gasteiger partial charge on any atom is -0.355 e. The molecule has 134 valence electrons. The van der Waals surface area contributed by atoms with Crippen LogP contribution >= 0.6 is 11.8 Å². The van der Waals surface area contributed by atoms with E-state index in [0.29, 0.717) is 11.1 Å². The fraction of sp³-hybridized carbons (Fsp3) is 0.474. The van der Waals surface area contributed by atoms with Crippen molar-refractivity contribution in [1.29, 1.82) is 0 Å². The summed E-state index contributed by atoms with van der Waals surface area (Å²) in [5.41, 5.74) is 1.84. The van der Waals surface area contributed by atoms with Crippen molar-refractivity contribution in [3.8, 4) is 11.3 Å². The van der Waals surface area contributed by atoms with Gasteiger partial charge in [0.25, 0.3) is 0 Å². The highest BCUT2D eigenvalue weighted by Crippen LogP contribution is 2.26. The number of thioether (sulfide) groups is 1. The smallest absolute Gasteiger partial charge is 0.233 e. The highest BCUT2D eigenvalue weighted by atomic mass is 32.2. The molecule has 0 aliphatic heterocycles. The summed E-state index contributed by atoms with van der Waals surface area (Å²) < 4.78 is 1.50. The Balaban J connectivity index is 1.56. The number of nitrogens with two attached hydrogens (primary N) is 1. The first-order valence-electron chi connectivity index (χ1n) is 8.97. The van der Waals surface area contributed by atoms with Crippen LogP contribution in [0.25, 0.3) is 11.3 Å². The number of amides is 1. The molecule has 1 atom stereocenters. The van der Waals surface area contributed by atoms with Crippen molar-refractivity contribution in [2.75, 3.05) is 12.4 Å². The van der Waals surface area contributed by atoms with Crippen molar-refractivity contribution >= 4 is 17.7 Å². The minimum atomic E-state index is -0.225. The average Bonchev–Trinajstić information content (AvgIpc) is 3.02. The van der Waals surface area contributed by atoms with Crippen molar-refractivity contribution in [3.63, 3.8) is 0 Å². The Kier molecular flexibility index (Phi) is 6.02. The lowest BCUT2D eigenvalue weighted by molar-refractivity contribution is -0.120. The largest absolute Gasteiger partial charge is 0.355 e. The number of nitrogens with zero attached hydrogens (tertiary/aromatic N) is 2. The summed E-state index contributed by atoms with van der Waals surface area (Å²) in [5, 5.41) is 3.52. The molecule has 1 aliphatic carbocycles. The molecule has 1 saturated carbocycles. The van der Waals surface area contributed by atoms with Crippen LogP contribution in [0.4, 0.5) is 0 Å². The van der Waals surface area contributed by atoms with Gasteiger partial charge in [0.05, 0.1) is 17.1 Å². The van der Waals surface area contributed by atoms with E-state index < -0.39 is 0 Å². The minimum absolute atomic E-state index is 0.0554. The van der Waals surface area contributed by atoms with Gasteiger partial charge in [-0.25, -0.2) is 9.66 Å². The van der Waals surface area contributed by atoms with Crippen molar-refractivity contribution in [2.24, 2.45) is 5.92 Å². The zero-order valence-electron chi connectivity index (χ0n) is 14.6. The van der Waals surface area contributed by atoms with Gasteiger partial charge in [0.2, 0.25) is 5.91 Å². The summed E-state index contributed by atoms with van der Waals surface area (Å²) >= 11 is 1.40. The van der Waals surface area contributed by atoms with Gasteiger partial charge in [-0.3, -0.25) is 4.79 Å². The Morgan fingerprint density at radius 3 is 2.76 bits per heavy atom. The number of aromatic nitrogens is 2. The third-order valence-corrected chi connectivity index (χ3v) is 5.79. The van der Waals surface area contributed by atoms with Crippen LogP contribution in [0.5, 0.6) is 0 Å². The van der Waals surface area contributed by atoms with Crippen LogP contribution < -0.4 is 11.2 Å². The van der Waals surface area contributed by atoms with Gasteiger partial charge in [0.15, 0.2) is 5.16 Å². The molecule has 1 amide bonds. The highest BCUT2D eigenvalue weighted by molar-refractivity contribution is 8.00. The van der Waals surface area contributed by atoms with E-state index in [1.807, 2.05) is 37.3 Å². The quantitative estimate of drug-likeness (QED) is 0.613. The maximum Gasteiger partial charge on any atom is 0.233 e. The first-order valence-corrected chi connectivity index (χ1v) is 9.85. The molecule has 1 aliphatic rings. The number of hydrogen-bond acceptors (Lipinski definition) is 4. The second-order valence-electron chi connectivity index (χ2n) is 6.69. The van der Waals surface area contributed by atoms with Gasteiger partial charge in [-0.2, -0.15) is 0 Å². The van der Waals surface area contributed by atoms with Crippen LogP contribution in [0.1, 0.15) is 39.0 Å². The van der Waals surface area contributed by atoms with E-state index >= 15 is 0 Å². The summed E-state index contributed by atoms with van der Waals surface area (Å²) in [6, 6.07) is 9.91. The molecule has 0 bridgehead atoms. The van der Waals surface area contributed by atoms with Crippen LogP contribution in [0.2, 0.25) is 0 Å². The third-order valence-electron chi connectivity index (χ3n) is 4.71. The van der Waals surface area contributed by atoms with E-state index in [1.54, 1.807) is 6.20 Å². The van der Waals surface area contributed by atoms with Crippen LogP contribution in [0, 0.1) is 5.92 Å². The fourth-order valence-electron chi connectivity index (χ4n) is 3.20. The SMILES string of the molecule is C[C@H](Sc1nc(-c2ccccc2)cn1N)C(=O)NCC1CCCCC1. The summed E-state index contributed by atoms with van der Waals surface area (Å²) in [4.78, 5) is 16.9. The lowest BCUT2D eigenvalue weighted by atomic mass is 9.89. The van der Waals surface area contributed by atoms with Gasteiger partial charge in [0.1, 0.15) is 0 Å². The van der Waals surface area contributed by atoms with E-state index in [1.165, 1.54) is 48.5 Å². The van der Waals surface area contributed by atoms with Crippen molar-refractivity contribution in [3.05, 3.63) is 36.5 Å². The van der Waals surface area contributed by atoms with Gasteiger partial charge in [-0.1, -0.05) is 61.4 Å². The molecule has 1 heterocycles.